The Morgan fingerprint density at radius 1 is 1.11 bits per heavy atom. The lowest BCUT2D eigenvalue weighted by molar-refractivity contribution is -0.113. The largest absolute Gasteiger partial charge is 0.494 e. The van der Waals surface area contributed by atoms with Crippen LogP contribution in [0.25, 0.3) is 21.0 Å². The SMILES string of the molecule is CCOc1ccc2nc(NC(=O)CSc3ccc4ccccc4c3)sc2c1. The molecule has 0 atom stereocenters. The Morgan fingerprint density at radius 3 is 2.81 bits per heavy atom. The van der Waals surface area contributed by atoms with Crippen LogP contribution in [0.5, 0.6) is 5.75 Å². The van der Waals surface area contributed by atoms with Crippen molar-refractivity contribution in [3.8, 4) is 5.75 Å². The molecule has 4 aromatic rings. The first-order valence-corrected chi connectivity index (χ1v) is 10.5. The highest BCUT2D eigenvalue weighted by atomic mass is 32.2. The van der Waals surface area contributed by atoms with Gasteiger partial charge in [0.05, 0.1) is 22.6 Å². The second kappa shape index (κ2) is 7.98. The number of amides is 1. The Morgan fingerprint density at radius 2 is 1.96 bits per heavy atom. The summed E-state index contributed by atoms with van der Waals surface area (Å²) in [5.74, 6) is 1.11. The molecule has 0 fully saturated rings. The van der Waals surface area contributed by atoms with Crippen LogP contribution >= 0.6 is 23.1 Å². The van der Waals surface area contributed by atoms with Crippen LogP contribution in [0, 0.1) is 0 Å². The van der Waals surface area contributed by atoms with Crippen molar-refractivity contribution in [3.05, 3.63) is 60.7 Å². The molecular weight excluding hydrogens is 376 g/mol. The number of thioether (sulfide) groups is 1. The molecule has 0 saturated heterocycles. The molecule has 6 heteroatoms. The molecule has 3 aromatic carbocycles. The number of anilines is 1. The van der Waals surface area contributed by atoms with Crippen molar-refractivity contribution in [2.24, 2.45) is 0 Å². The summed E-state index contributed by atoms with van der Waals surface area (Å²) < 4.78 is 6.51. The summed E-state index contributed by atoms with van der Waals surface area (Å²) in [7, 11) is 0. The highest BCUT2D eigenvalue weighted by Crippen LogP contribution is 2.30. The molecule has 0 unspecified atom stereocenters. The van der Waals surface area contributed by atoms with Crippen molar-refractivity contribution in [1.29, 1.82) is 0 Å². The van der Waals surface area contributed by atoms with Gasteiger partial charge in [0.2, 0.25) is 5.91 Å². The number of benzene rings is 3. The molecule has 0 aliphatic rings. The van der Waals surface area contributed by atoms with Gasteiger partial charge in [-0.15, -0.1) is 11.8 Å². The van der Waals surface area contributed by atoms with Gasteiger partial charge in [-0.2, -0.15) is 0 Å². The molecule has 0 aliphatic heterocycles. The summed E-state index contributed by atoms with van der Waals surface area (Å²) in [6.07, 6.45) is 0. The minimum atomic E-state index is -0.0581. The first kappa shape index (κ1) is 17.8. The molecule has 4 rings (SSSR count). The Kier molecular flexibility index (Phi) is 5.27. The van der Waals surface area contributed by atoms with Gasteiger partial charge < -0.3 is 10.1 Å². The first-order valence-electron chi connectivity index (χ1n) is 8.66. The van der Waals surface area contributed by atoms with Gasteiger partial charge in [-0.3, -0.25) is 4.79 Å². The fraction of sp³-hybridized carbons (Fsp3) is 0.143. The van der Waals surface area contributed by atoms with E-state index in [1.54, 1.807) is 0 Å². The molecule has 27 heavy (non-hydrogen) atoms. The molecule has 4 nitrogen and oxygen atoms in total. The average Bonchev–Trinajstić information content (AvgIpc) is 3.08. The third kappa shape index (κ3) is 4.23. The van der Waals surface area contributed by atoms with E-state index in [0.29, 0.717) is 17.5 Å². The van der Waals surface area contributed by atoms with Gasteiger partial charge >= 0.3 is 0 Å². The van der Waals surface area contributed by atoms with Crippen LogP contribution in [0.15, 0.2) is 65.6 Å². The molecule has 0 aliphatic carbocycles. The molecule has 1 aromatic heterocycles. The lowest BCUT2D eigenvalue weighted by Gasteiger charge is -2.04. The highest BCUT2D eigenvalue weighted by Gasteiger charge is 2.09. The molecule has 1 amide bonds. The van der Waals surface area contributed by atoms with Gasteiger partial charge in [0.1, 0.15) is 5.75 Å². The maximum Gasteiger partial charge on any atom is 0.236 e. The molecule has 136 valence electrons. The van der Waals surface area contributed by atoms with E-state index < -0.39 is 0 Å². The number of aromatic nitrogens is 1. The van der Waals surface area contributed by atoms with E-state index in [4.69, 9.17) is 4.74 Å². The van der Waals surface area contributed by atoms with Crippen LogP contribution in [0.1, 0.15) is 6.92 Å². The second-order valence-corrected chi connectivity index (χ2v) is 8.01. The lowest BCUT2D eigenvalue weighted by atomic mass is 10.1. The van der Waals surface area contributed by atoms with E-state index in [1.807, 2.05) is 43.3 Å². The standard InChI is InChI=1S/C21H18N2O2S2/c1-2-25-16-8-10-18-19(12-16)27-21(22-18)23-20(24)13-26-17-9-7-14-5-3-4-6-15(14)11-17/h3-12H,2,13H2,1H3,(H,22,23,24). The Bertz CT molecular complexity index is 1110. The van der Waals surface area contributed by atoms with Crippen molar-refractivity contribution in [2.75, 3.05) is 17.7 Å². The van der Waals surface area contributed by atoms with Crippen LogP contribution in [-0.2, 0) is 4.79 Å². The Labute approximate surface area is 165 Å². The monoisotopic (exact) mass is 394 g/mol. The van der Waals surface area contributed by atoms with Crippen molar-refractivity contribution < 1.29 is 9.53 Å². The molecule has 0 saturated carbocycles. The topological polar surface area (TPSA) is 51.2 Å². The minimum absolute atomic E-state index is 0.0581. The van der Waals surface area contributed by atoms with Gasteiger partial charge in [-0.1, -0.05) is 41.7 Å². The second-order valence-electron chi connectivity index (χ2n) is 5.93. The number of rotatable bonds is 6. The lowest BCUT2D eigenvalue weighted by Crippen LogP contribution is -2.13. The van der Waals surface area contributed by atoms with E-state index >= 15 is 0 Å². The normalized spacial score (nSPS) is 11.0. The maximum absolute atomic E-state index is 12.3. The van der Waals surface area contributed by atoms with E-state index in [-0.39, 0.29) is 5.91 Å². The minimum Gasteiger partial charge on any atom is -0.494 e. The number of fused-ring (bicyclic) bond motifs is 2. The summed E-state index contributed by atoms with van der Waals surface area (Å²) in [6, 6.07) is 20.2. The van der Waals surface area contributed by atoms with E-state index in [0.717, 1.165) is 20.9 Å². The van der Waals surface area contributed by atoms with Crippen molar-refractivity contribution in [1.82, 2.24) is 4.98 Å². The Balaban J connectivity index is 1.40. The number of hydrogen-bond acceptors (Lipinski definition) is 5. The fourth-order valence-electron chi connectivity index (χ4n) is 2.78. The zero-order valence-corrected chi connectivity index (χ0v) is 16.4. The number of ether oxygens (including phenoxy) is 1. The molecule has 0 bridgehead atoms. The first-order chi connectivity index (χ1) is 13.2. The van der Waals surface area contributed by atoms with Crippen LogP contribution in [0.2, 0.25) is 0 Å². The van der Waals surface area contributed by atoms with E-state index in [9.17, 15) is 4.79 Å². The number of thiazole rings is 1. The van der Waals surface area contributed by atoms with Gasteiger partial charge in [0, 0.05) is 4.90 Å². The quantitative estimate of drug-likeness (QED) is 0.434. The fourth-order valence-corrected chi connectivity index (χ4v) is 4.43. The van der Waals surface area contributed by atoms with Crippen molar-refractivity contribution in [2.45, 2.75) is 11.8 Å². The van der Waals surface area contributed by atoms with Gasteiger partial charge in [0.15, 0.2) is 5.13 Å². The van der Waals surface area contributed by atoms with Gasteiger partial charge in [0.25, 0.3) is 0 Å². The number of nitrogens with one attached hydrogen (secondary N) is 1. The van der Waals surface area contributed by atoms with Crippen LogP contribution in [-0.4, -0.2) is 23.3 Å². The molecular formula is C21H18N2O2S2. The molecule has 0 radical (unpaired) electrons. The Hall–Kier alpha value is -2.57. The van der Waals surface area contributed by atoms with Gasteiger partial charge in [-0.05, 0) is 48.0 Å². The van der Waals surface area contributed by atoms with Crippen LogP contribution in [0.4, 0.5) is 5.13 Å². The van der Waals surface area contributed by atoms with E-state index in [1.165, 1.54) is 33.9 Å². The van der Waals surface area contributed by atoms with Crippen LogP contribution in [0.3, 0.4) is 0 Å². The van der Waals surface area contributed by atoms with E-state index in [2.05, 4.69) is 34.6 Å². The third-order valence-electron chi connectivity index (χ3n) is 4.01. The zero-order valence-electron chi connectivity index (χ0n) is 14.8. The average molecular weight is 395 g/mol. The zero-order chi connectivity index (χ0) is 18.6. The predicted octanol–water partition coefficient (Wildman–Crippen LogP) is 5.58. The van der Waals surface area contributed by atoms with Crippen molar-refractivity contribution in [3.63, 3.8) is 0 Å². The summed E-state index contributed by atoms with van der Waals surface area (Å²) >= 11 is 2.98. The van der Waals surface area contributed by atoms with Crippen LogP contribution < -0.4 is 10.1 Å². The molecule has 0 spiro atoms. The summed E-state index contributed by atoms with van der Waals surface area (Å²) in [5, 5.41) is 5.89. The molecule has 1 heterocycles. The summed E-state index contributed by atoms with van der Waals surface area (Å²) in [5.41, 5.74) is 0.862. The van der Waals surface area contributed by atoms with Gasteiger partial charge in [-0.25, -0.2) is 4.98 Å². The third-order valence-corrected chi connectivity index (χ3v) is 5.94. The number of hydrogen-bond donors (Lipinski definition) is 1. The maximum atomic E-state index is 12.3. The summed E-state index contributed by atoms with van der Waals surface area (Å²) in [6.45, 7) is 2.58. The number of carbonyl (C=O) groups is 1. The van der Waals surface area contributed by atoms with Crippen molar-refractivity contribution >= 4 is 55.1 Å². The smallest absolute Gasteiger partial charge is 0.236 e. The molecule has 1 N–H and O–H groups in total. The number of nitrogens with zero attached hydrogens (tertiary/aromatic N) is 1. The number of carbonyl (C=O) groups excluding carboxylic acids is 1. The predicted molar refractivity (Wildman–Crippen MR) is 114 cm³/mol. The summed E-state index contributed by atoms with van der Waals surface area (Å²) in [4.78, 5) is 17.9. The highest BCUT2D eigenvalue weighted by molar-refractivity contribution is 8.00.